The predicted molar refractivity (Wildman–Crippen MR) is 173 cm³/mol. The molecule has 1 saturated heterocycles. The summed E-state index contributed by atoms with van der Waals surface area (Å²) < 4.78 is 16.7. The van der Waals surface area contributed by atoms with E-state index in [1.54, 1.807) is 17.1 Å². The second kappa shape index (κ2) is 13.5. The topological polar surface area (TPSA) is 107 Å². The number of hydrogen-bond acceptors (Lipinski definition) is 8. The number of nitrogens with zero attached hydrogens (tertiary/aromatic N) is 4. The van der Waals surface area contributed by atoms with Crippen molar-refractivity contribution in [2.24, 2.45) is 11.0 Å². The minimum Gasteiger partial charge on any atom is -0.494 e. The average molecular weight is 611 g/mol. The molecule has 0 unspecified atom stereocenters. The van der Waals surface area contributed by atoms with E-state index < -0.39 is 4.92 Å². The second-order valence-corrected chi connectivity index (χ2v) is 11.3. The third-order valence-electron chi connectivity index (χ3n) is 8.55. The molecule has 10 nitrogen and oxygen atoms in total. The second-order valence-electron chi connectivity index (χ2n) is 11.3. The molecule has 1 amide bonds. The summed E-state index contributed by atoms with van der Waals surface area (Å²) in [7, 11) is 0. The molecule has 0 N–H and O–H groups in total. The molecule has 3 aromatic rings. The van der Waals surface area contributed by atoms with Gasteiger partial charge in [0.05, 0.1) is 43.1 Å². The van der Waals surface area contributed by atoms with Crippen molar-refractivity contribution in [1.29, 1.82) is 0 Å². The molecule has 0 radical (unpaired) electrons. The van der Waals surface area contributed by atoms with E-state index in [9.17, 15) is 14.9 Å². The average Bonchev–Trinajstić information content (AvgIpc) is 3.47. The van der Waals surface area contributed by atoms with Crippen molar-refractivity contribution in [3.63, 3.8) is 0 Å². The fraction of sp³-hybridized carbons (Fsp3) is 0.371. The van der Waals surface area contributed by atoms with Crippen molar-refractivity contribution in [2.75, 3.05) is 44.4 Å². The van der Waals surface area contributed by atoms with E-state index in [1.807, 2.05) is 67.3 Å². The molecule has 2 atom stereocenters. The lowest BCUT2D eigenvalue weighted by Crippen LogP contribution is -2.36. The maximum Gasteiger partial charge on any atom is 0.293 e. The van der Waals surface area contributed by atoms with Gasteiger partial charge in [-0.1, -0.05) is 24.3 Å². The minimum absolute atomic E-state index is 0.0165. The van der Waals surface area contributed by atoms with Crippen molar-refractivity contribution in [1.82, 2.24) is 5.01 Å². The largest absolute Gasteiger partial charge is 0.494 e. The fourth-order valence-electron chi connectivity index (χ4n) is 6.46. The zero-order valence-corrected chi connectivity index (χ0v) is 25.7. The van der Waals surface area contributed by atoms with Gasteiger partial charge < -0.3 is 19.1 Å². The van der Waals surface area contributed by atoms with Crippen LogP contribution in [0.25, 0.3) is 6.08 Å². The van der Waals surface area contributed by atoms with Crippen LogP contribution < -0.4 is 14.4 Å². The third kappa shape index (κ3) is 6.42. The molecule has 234 valence electrons. The van der Waals surface area contributed by atoms with Gasteiger partial charge >= 0.3 is 0 Å². The molecule has 45 heavy (non-hydrogen) atoms. The first-order valence-corrected chi connectivity index (χ1v) is 15.7. The third-order valence-corrected chi connectivity index (χ3v) is 8.55. The van der Waals surface area contributed by atoms with Gasteiger partial charge in [-0.05, 0) is 92.3 Å². The van der Waals surface area contributed by atoms with E-state index in [-0.39, 0.29) is 29.1 Å². The summed E-state index contributed by atoms with van der Waals surface area (Å²) >= 11 is 0. The number of rotatable bonds is 9. The van der Waals surface area contributed by atoms with Crippen molar-refractivity contribution < 1.29 is 23.9 Å². The Kier molecular flexibility index (Phi) is 9.11. The maximum absolute atomic E-state index is 14.3. The van der Waals surface area contributed by atoms with E-state index >= 15 is 0 Å². The van der Waals surface area contributed by atoms with Crippen LogP contribution in [0.4, 0.5) is 11.4 Å². The molecule has 2 aliphatic heterocycles. The highest BCUT2D eigenvalue weighted by Crippen LogP contribution is 2.45. The Morgan fingerprint density at radius 1 is 1.00 bits per heavy atom. The smallest absolute Gasteiger partial charge is 0.293 e. The number of nitro benzene ring substituents is 1. The van der Waals surface area contributed by atoms with Crippen molar-refractivity contribution in [3.05, 3.63) is 99.1 Å². The summed E-state index contributed by atoms with van der Waals surface area (Å²) in [6, 6.07) is 20.2. The van der Waals surface area contributed by atoms with Crippen LogP contribution in [0.3, 0.4) is 0 Å². The molecule has 1 aliphatic carbocycles. The number of ether oxygens (including phenoxy) is 3. The van der Waals surface area contributed by atoms with Crippen LogP contribution in [0.15, 0.2) is 77.4 Å². The van der Waals surface area contributed by atoms with Crippen LogP contribution in [0.2, 0.25) is 0 Å². The Morgan fingerprint density at radius 2 is 1.67 bits per heavy atom. The van der Waals surface area contributed by atoms with E-state index in [1.165, 1.54) is 6.07 Å². The molecule has 0 aromatic heterocycles. The quantitative estimate of drug-likeness (QED) is 0.197. The molecule has 1 saturated carbocycles. The van der Waals surface area contributed by atoms with E-state index in [2.05, 4.69) is 6.08 Å². The highest BCUT2D eigenvalue weighted by molar-refractivity contribution is 6.09. The molecule has 3 aliphatic rings. The van der Waals surface area contributed by atoms with Crippen LogP contribution in [0, 0.1) is 16.0 Å². The number of amides is 1. The molecule has 0 bridgehead atoms. The zero-order chi connectivity index (χ0) is 31.3. The molecule has 2 heterocycles. The van der Waals surface area contributed by atoms with E-state index in [4.69, 9.17) is 19.3 Å². The Labute approximate surface area is 263 Å². The molecule has 10 heteroatoms. The summed E-state index contributed by atoms with van der Waals surface area (Å²) in [5.41, 5.74) is 4.59. The lowest BCUT2D eigenvalue weighted by Gasteiger charge is -2.30. The molecular weight excluding hydrogens is 572 g/mol. The highest BCUT2D eigenvalue weighted by Gasteiger charge is 2.44. The molecule has 2 fully saturated rings. The maximum atomic E-state index is 14.3. The van der Waals surface area contributed by atoms with Crippen LogP contribution in [-0.2, 0) is 4.74 Å². The first-order valence-electron chi connectivity index (χ1n) is 15.7. The van der Waals surface area contributed by atoms with Crippen molar-refractivity contribution in [2.45, 2.75) is 39.2 Å². The van der Waals surface area contributed by atoms with Crippen LogP contribution in [0.5, 0.6) is 11.5 Å². The first-order chi connectivity index (χ1) is 22.0. The number of carbonyl (C=O) groups is 1. The van der Waals surface area contributed by atoms with Gasteiger partial charge in [-0.25, -0.2) is 5.01 Å². The molecule has 0 spiro atoms. The normalized spacial score (nSPS) is 20.5. The fourth-order valence-corrected chi connectivity index (χ4v) is 6.46. The van der Waals surface area contributed by atoms with Gasteiger partial charge in [0.15, 0.2) is 0 Å². The van der Waals surface area contributed by atoms with Gasteiger partial charge in [0.25, 0.3) is 11.6 Å². The molecular formula is C35H38N4O6. The van der Waals surface area contributed by atoms with E-state index in [0.717, 1.165) is 53.2 Å². The first kappa shape index (κ1) is 30.3. The summed E-state index contributed by atoms with van der Waals surface area (Å²) in [6.45, 7) is 7.17. The lowest BCUT2D eigenvalue weighted by molar-refractivity contribution is -0.384. The van der Waals surface area contributed by atoms with E-state index in [0.29, 0.717) is 45.2 Å². The number of carbonyl (C=O) groups excluding carboxylic acids is 1. The van der Waals surface area contributed by atoms with Crippen LogP contribution >= 0.6 is 0 Å². The predicted octanol–water partition coefficient (Wildman–Crippen LogP) is 6.67. The molecule has 3 aromatic carbocycles. The number of benzene rings is 3. The minimum atomic E-state index is -0.418. The monoisotopic (exact) mass is 610 g/mol. The Bertz CT molecular complexity index is 1600. The van der Waals surface area contributed by atoms with Gasteiger partial charge in [0, 0.05) is 30.6 Å². The van der Waals surface area contributed by atoms with Crippen LogP contribution in [0.1, 0.15) is 60.6 Å². The number of nitro groups is 1. The highest BCUT2D eigenvalue weighted by atomic mass is 16.6. The van der Waals surface area contributed by atoms with Gasteiger partial charge in [0.2, 0.25) is 0 Å². The number of allylic oxidation sites excluding steroid dienone is 1. The van der Waals surface area contributed by atoms with Gasteiger partial charge in [0.1, 0.15) is 17.2 Å². The Morgan fingerprint density at radius 3 is 2.31 bits per heavy atom. The van der Waals surface area contributed by atoms with Crippen LogP contribution in [-0.4, -0.2) is 61.1 Å². The van der Waals surface area contributed by atoms with Gasteiger partial charge in [-0.15, -0.1) is 0 Å². The lowest BCUT2D eigenvalue weighted by atomic mass is 9.77. The number of hydrazone groups is 1. The summed E-state index contributed by atoms with van der Waals surface area (Å²) in [4.78, 5) is 28.0. The van der Waals surface area contributed by atoms with Gasteiger partial charge in [-0.3, -0.25) is 14.9 Å². The van der Waals surface area contributed by atoms with Gasteiger partial charge in [-0.2, -0.15) is 5.10 Å². The van der Waals surface area contributed by atoms with Crippen molar-refractivity contribution in [3.8, 4) is 11.5 Å². The standard InChI is InChI=1S/C35H38N4O6/c1-3-44-28-13-8-24(9-14-28)22-26-6-5-7-30-33(26)36-38(34(30)25-10-15-29(16-11-25)45-4-2)35(40)27-12-17-31(32(23-27)39(41)42)37-18-20-43-21-19-37/h8-17,22-23,30,34H,3-7,18-21H2,1-2H3/b26-22+/t30-,34-/m1/s1. The zero-order valence-electron chi connectivity index (χ0n) is 25.7. The summed E-state index contributed by atoms with van der Waals surface area (Å²) in [5.74, 6) is 1.19. The molecule has 6 rings (SSSR count). The summed E-state index contributed by atoms with van der Waals surface area (Å²) in [6.07, 6.45) is 4.82. The Balaban J connectivity index is 1.38. The number of morpholine rings is 1. The summed E-state index contributed by atoms with van der Waals surface area (Å²) in [5, 5.41) is 18.7. The van der Waals surface area contributed by atoms with Crippen molar-refractivity contribution >= 4 is 29.1 Å². The number of fused-ring (bicyclic) bond motifs is 1. The Hall–Kier alpha value is -4.70. The number of anilines is 1. The SMILES string of the molecule is CCOc1ccc(/C=C2\CCC[C@@H]3C2=NN(C(=O)c2ccc(N4CCOCC4)c([N+](=O)[O-])c2)[C@@H]3c2ccc(OCC)cc2)cc1. The number of hydrogen-bond donors (Lipinski definition) is 0.